The van der Waals surface area contributed by atoms with Crippen LogP contribution in [0.3, 0.4) is 0 Å². The third-order valence-electron chi connectivity index (χ3n) is 3.54. The molecule has 0 N–H and O–H groups in total. The van der Waals surface area contributed by atoms with Gasteiger partial charge in [-0.25, -0.2) is 8.42 Å². The van der Waals surface area contributed by atoms with E-state index in [-0.39, 0.29) is 23.9 Å². The molecule has 0 rings (SSSR count). The molecule has 3 atom stereocenters. The average molecular weight is 356 g/mol. The fraction of sp³-hybridized carbons (Fsp3) is 1.00. The number of sulfonamides is 1. The molecule has 0 bridgehead atoms. The van der Waals surface area contributed by atoms with Gasteiger partial charge < -0.3 is 4.74 Å². The molecule has 2 unspecified atom stereocenters. The Bertz CT molecular complexity index is 475. The molecule has 22 heavy (non-hydrogen) atoms. The summed E-state index contributed by atoms with van der Waals surface area (Å²) in [6.07, 6.45) is 2.75. The van der Waals surface area contributed by atoms with Gasteiger partial charge in [0, 0.05) is 28.3 Å². The van der Waals surface area contributed by atoms with Crippen LogP contribution in [0.4, 0.5) is 0 Å². The Morgan fingerprint density at radius 1 is 1.14 bits per heavy atom. The predicted molar refractivity (Wildman–Crippen MR) is 94.0 cm³/mol. The van der Waals surface area contributed by atoms with Crippen LogP contribution >= 0.6 is 0 Å². The Kier molecular flexibility index (Phi) is 7.73. The molecule has 0 aliphatic heterocycles. The van der Waals surface area contributed by atoms with Crippen LogP contribution < -0.4 is 0 Å². The number of nitrogens with zero attached hydrogens (tertiary/aromatic N) is 1. The van der Waals surface area contributed by atoms with E-state index in [1.165, 1.54) is 10.6 Å². The lowest BCUT2D eigenvalue weighted by molar-refractivity contribution is -0.0270. The minimum Gasteiger partial charge on any atom is -0.376 e. The van der Waals surface area contributed by atoms with Crippen molar-refractivity contribution in [2.24, 2.45) is 5.41 Å². The molecule has 0 amide bonds. The molecule has 5 nitrogen and oxygen atoms in total. The van der Waals surface area contributed by atoms with Gasteiger partial charge in [0.2, 0.25) is 10.0 Å². The van der Waals surface area contributed by atoms with Crippen LogP contribution in [-0.2, 0) is 25.6 Å². The van der Waals surface area contributed by atoms with E-state index in [2.05, 4.69) is 20.8 Å². The molecule has 0 saturated carbocycles. The fourth-order valence-corrected chi connectivity index (χ4v) is 4.83. The monoisotopic (exact) mass is 355 g/mol. The summed E-state index contributed by atoms with van der Waals surface area (Å²) in [7, 11) is -4.54. The van der Waals surface area contributed by atoms with Gasteiger partial charge in [-0.2, -0.15) is 4.31 Å². The van der Waals surface area contributed by atoms with Crippen molar-refractivity contribution in [3.05, 3.63) is 0 Å². The second-order valence-corrected chi connectivity index (χ2v) is 11.3. The van der Waals surface area contributed by atoms with Crippen LogP contribution in [0.5, 0.6) is 0 Å². The van der Waals surface area contributed by atoms with Gasteiger partial charge in [0.05, 0.1) is 25.0 Å². The zero-order chi connectivity index (χ0) is 17.9. The van der Waals surface area contributed by atoms with Crippen molar-refractivity contribution >= 4 is 20.8 Å². The van der Waals surface area contributed by atoms with E-state index in [4.69, 9.17) is 4.74 Å². The summed E-state index contributed by atoms with van der Waals surface area (Å²) in [5.41, 5.74) is -0.625. The minimum absolute atomic E-state index is 0.0262. The Morgan fingerprint density at radius 2 is 1.59 bits per heavy atom. The Morgan fingerprint density at radius 3 is 1.86 bits per heavy atom. The quantitative estimate of drug-likeness (QED) is 0.702. The Labute approximate surface area is 139 Å². The van der Waals surface area contributed by atoms with Gasteiger partial charge in [0.15, 0.2) is 0 Å². The summed E-state index contributed by atoms with van der Waals surface area (Å²) in [5.74, 6) is 0.265. The van der Waals surface area contributed by atoms with Crippen LogP contribution in [-0.4, -0.2) is 59.5 Å². The molecular weight excluding hydrogens is 322 g/mol. The van der Waals surface area contributed by atoms with Crippen molar-refractivity contribution in [1.82, 2.24) is 4.31 Å². The van der Waals surface area contributed by atoms with Crippen molar-refractivity contribution in [3.8, 4) is 0 Å². The van der Waals surface area contributed by atoms with Gasteiger partial charge >= 0.3 is 0 Å². The number of hydrogen-bond donors (Lipinski definition) is 0. The summed E-state index contributed by atoms with van der Waals surface area (Å²) < 4.78 is 43.4. The molecule has 134 valence electrons. The van der Waals surface area contributed by atoms with Crippen LogP contribution in [0.2, 0.25) is 0 Å². The van der Waals surface area contributed by atoms with Crippen LogP contribution in [0.1, 0.15) is 48.5 Å². The zero-order valence-corrected chi connectivity index (χ0v) is 17.1. The maximum atomic E-state index is 12.2. The Hall–Kier alpha value is 0.0200. The first-order valence-corrected chi connectivity index (χ1v) is 11.1. The molecule has 7 heteroatoms. The Balaban J connectivity index is 5.38. The van der Waals surface area contributed by atoms with E-state index in [9.17, 15) is 12.6 Å². The van der Waals surface area contributed by atoms with E-state index in [1.807, 2.05) is 27.7 Å². The van der Waals surface area contributed by atoms with Crippen molar-refractivity contribution in [2.45, 2.75) is 66.2 Å². The van der Waals surface area contributed by atoms with Gasteiger partial charge in [-0.1, -0.05) is 20.8 Å². The first kappa shape index (κ1) is 22.0. The minimum atomic E-state index is -3.43. The molecule has 0 aromatic carbocycles. The van der Waals surface area contributed by atoms with Crippen LogP contribution in [0, 0.1) is 5.41 Å². The molecule has 0 aliphatic rings. The normalized spacial score (nSPS) is 18.3. The SMILES string of the molecule is CC(OCC(C[S@@](C)=O)N(C(C)(C)C)S(C)(=O)=O)C(C)(C)C. The molecular formula is C15H33NO4S2. The first-order valence-electron chi connectivity index (χ1n) is 7.48. The topological polar surface area (TPSA) is 63.7 Å². The first-order chi connectivity index (χ1) is 9.56. The van der Waals surface area contributed by atoms with Gasteiger partial charge in [0.1, 0.15) is 0 Å². The standard InChI is InChI=1S/C15H33NO4S2/c1-12(14(2,3)4)20-10-13(11-21(8)17)16(15(5,6)7)22(9,18)19/h12-13H,10-11H2,1-9H3/t12?,13?,21-/m1/s1. The molecule has 0 spiro atoms. The highest BCUT2D eigenvalue weighted by Gasteiger charge is 2.37. The van der Waals surface area contributed by atoms with E-state index in [1.54, 1.807) is 6.26 Å². The number of rotatable bonds is 7. The van der Waals surface area contributed by atoms with Gasteiger partial charge in [0.25, 0.3) is 0 Å². The fourth-order valence-electron chi connectivity index (χ4n) is 2.28. The third-order valence-corrected chi connectivity index (χ3v) is 5.95. The number of ether oxygens (including phenoxy) is 1. The highest BCUT2D eigenvalue weighted by molar-refractivity contribution is 7.88. The molecule has 0 aliphatic carbocycles. The highest BCUT2D eigenvalue weighted by Crippen LogP contribution is 2.25. The van der Waals surface area contributed by atoms with E-state index in [0.29, 0.717) is 0 Å². The molecule has 0 fully saturated rings. The van der Waals surface area contributed by atoms with Crippen LogP contribution in [0.25, 0.3) is 0 Å². The lowest BCUT2D eigenvalue weighted by Gasteiger charge is -2.40. The van der Waals surface area contributed by atoms with Crippen molar-refractivity contribution in [3.63, 3.8) is 0 Å². The highest BCUT2D eigenvalue weighted by atomic mass is 32.2. The van der Waals surface area contributed by atoms with Gasteiger partial charge in [-0.3, -0.25) is 4.21 Å². The molecule has 0 saturated heterocycles. The zero-order valence-electron chi connectivity index (χ0n) is 15.5. The molecule has 0 aromatic heterocycles. The summed E-state index contributed by atoms with van der Waals surface area (Å²) in [5, 5.41) is 0. The lowest BCUT2D eigenvalue weighted by Crippen LogP contribution is -2.55. The summed E-state index contributed by atoms with van der Waals surface area (Å²) in [6.45, 7) is 13.9. The van der Waals surface area contributed by atoms with Crippen molar-refractivity contribution in [2.75, 3.05) is 24.9 Å². The summed E-state index contributed by atoms with van der Waals surface area (Å²) >= 11 is 0. The maximum Gasteiger partial charge on any atom is 0.212 e. The van der Waals surface area contributed by atoms with Gasteiger partial charge in [-0.05, 0) is 33.1 Å². The lowest BCUT2D eigenvalue weighted by atomic mass is 9.90. The molecule has 0 radical (unpaired) electrons. The number of hydrogen-bond acceptors (Lipinski definition) is 4. The molecule has 0 aromatic rings. The molecule has 0 heterocycles. The van der Waals surface area contributed by atoms with E-state index >= 15 is 0 Å². The van der Waals surface area contributed by atoms with Crippen molar-refractivity contribution < 1.29 is 17.4 Å². The maximum absolute atomic E-state index is 12.2. The largest absolute Gasteiger partial charge is 0.376 e. The smallest absolute Gasteiger partial charge is 0.212 e. The summed E-state index contributed by atoms with van der Waals surface area (Å²) in [4.78, 5) is 0. The summed E-state index contributed by atoms with van der Waals surface area (Å²) in [6, 6.07) is -0.439. The van der Waals surface area contributed by atoms with E-state index in [0.717, 1.165) is 0 Å². The second kappa shape index (κ2) is 7.73. The predicted octanol–water partition coefficient (Wildman–Crippen LogP) is 2.24. The third kappa shape index (κ3) is 7.53. The second-order valence-electron chi connectivity index (χ2n) is 7.96. The van der Waals surface area contributed by atoms with Crippen molar-refractivity contribution in [1.29, 1.82) is 0 Å². The van der Waals surface area contributed by atoms with Crippen LogP contribution in [0.15, 0.2) is 0 Å². The van der Waals surface area contributed by atoms with E-state index < -0.39 is 32.4 Å². The average Bonchev–Trinajstić information content (AvgIpc) is 2.18. The van der Waals surface area contributed by atoms with Gasteiger partial charge in [-0.15, -0.1) is 0 Å².